The van der Waals surface area contributed by atoms with Gasteiger partial charge in [-0.25, -0.2) is 0 Å². The second-order valence-corrected chi connectivity index (χ2v) is 14.2. The Hall–Kier alpha value is -0.300. The fourth-order valence-electron chi connectivity index (χ4n) is 10.8. The molecular weight excluding hydrogens is 364 g/mol. The van der Waals surface area contributed by atoms with Crippen molar-refractivity contribution in [3.05, 3.63) is 11.6 Å². The first-order chi connectivity index (χ1) is 13.9. The van der Waals surface area contributed by atoms with Crippen molar-refractivity contribution >= 4 is 0 Å². The molecular formula is C29H48O. The number of fused-ring (bicyclic) bond motifs is 7. The molecule has 5 aliphatic rings. The molecule has 1 nitrogen and oxygen atoms in total. The molecule has 0 aromatic rings. The molecule has 1 heteroatoms. The largest absolute Gasteiger partial charge is 0.393 e. The summed E-state index contributed by atoms with van der Waals surface area (Å²) in [6.45, 7) is 18.0. The lowest BCUT2D eigenvalue weighted by molar-refractivity contribution is -0.203. The summed E-state index contributed by atoms with van der Waals surface area (Å²) in [5.41, 5.74) is 3.66. The highest BCUT2D eigenvalue weighted by Gasteiger charge is 2.67. The maximum atomic E-state index is 10.9. The van der Waals surface area contributed by atoms with Gasteiger partial charge in [-0.1, -0.05) is 73.0 Å². The number of aliphatic hydroxyl groups is 1. The average molecular weight is 413 g/mol. The molecule has 30 heavy (non-hydrogen) atoms. The van der Waals surface area contributed by atoms with E-state index >= 15 is 0 Å². The summed E-state index contributed by atoms with van der Waals surface area (Å²) in [7, 11) is 0. The molecule has 5 aliphatic carbocycles. The van der Waals surface area contributed by atoms with E-state index in [2.05, 4.69) is 54.5 Å². The van der Waals surface area contributed by atoms with Crippen LogP contribution in [0.2, 0.25) is 0 Å². The van der Waals surface area contributed by atoms with Crippen LogP contribution in [0.4, 0.5) is 0 Å². The number of aliphatic hydroxyl groups excluding tert-OH is 1. The zero-order valence-corrected chi connectivity index (χ0v) is 21.0. The van der Waals surface area contributed by atoms with Gasteiger partial charge in [0.2, 0.25) is 0 Å². The van der Waals surface area contributed by atoms with Gasteiger partial charge >= 0.3 is 0 Å². The lowest BCUT2D eigenvalue weighted by atomic mass is 9.33. The molecule has 8 unspecified atom stereocenters. The van der Waals surface area contributed by atoms with Gasteiger partial charge in [-0.15, -0.1) is 0 Å². The summed E-state index contributed by atoms with van der Waals surface area (Å²) in [5.74, 6) is 3.10. The molecule has 0 spiro atoms. The third kappa shape index (κ3) is 2.45. The van der Waals surface area contributed by atoms with Gasteiger partial charge in [0.05, 0.1) is 6.10 Å². The summed E-state index contributed by atoms with van der Waals surface area (Å²) in [5, 5.41) is 10.9. The zero-order chi connectivity index (χ0) is 21.7. The first-order valence-corrected chi connectivity index (χ1v) is 13.3. The Balaban J connectivity index is 1.59. The van der Waals surface area contributed by atoms with E-state index in [1.165, 1.54) is 57.8 Å². The van der Waals surface area contributed by atoms with Crippen LogP contribution in [0.1, 0.15) is 113 Å². The number of allylic oxidation sites excluding steroid dienone is 2. The van der Waals surface area contributed by atoms with Crippen molar-refractivity contribution in [2.24, 2.45) is 50.7 Å². The maximum Gasteiger partial charge on any atom is 0.0594 e. The van der Waals surface area contributed by atoms with Gasteiger partial charge in [0.15, 0.2) is 0 Å². The minimum atomic E-state index is -0.122. The van der Waals surface area contributed by atoms with Crippen LogP contribution in [-0.2, 0) is 0 Å². The summed E-state index contributed by atoms with van der Waals surface area (Å²) in [6, 6.07) is 0. The smallest absolute Gasteiger partial charge is 0.0594 e. The van der Waals surface area contributed by atoms with Crippen LogP contribution in [0.3, 0.4) is 0 Å². The Labute approximate surface area is 186 Å². The molecule has 9 atom stereocenters. The van der Waals surface area contributed by atoms with Crippen LogP contribution in [0.25, 0.3) is 0 Å². The summed E-state index contributed by atoms with van der Waals surface area (Å²) in [6.07, 6.45) is 16.0. The van der Waals surface area contributed by atoms with Crippen molar-refractivity contribution < 1.29 is 5.11 Å². The van der Waals surface area contributed by atoms with Gasteiger partial charge in [-0.3, -0.25) is 0 Å². The average Bonchev–Trinajstić information content (AvgIpc) is 2.66. The van der Waals surface area contributed by atoms with Crippen LogP contribution in [0.15, 0.2) is 11.6 Å². The van der Waals surface area contributed by atoms with Gasteiger partial charge < -0.3 is 5.11 Å². The highest BCUT2D eigenvalue weighted by atomic mass is 16.3. The quantitative estimate of drug-likeness (QED) is 0.403. The summed E-state index contributed by atoms with van der Waals surface area (Å²) < 4.78 is 0. The summed E-state index contributed by atoms with van der Waals surface area (Å²) in [4.78, 5) is 0. The Kier molecular flexibility index (Phi) is 4.59. The van der Waals surface area contributed by atoms with Crippen molar-refractivity contribution in [2.45, 2.75) is 119 Å². The molecule has 0 aliphatic heterocycles. The molecule has 0 aromatic heterocycles. The van der Waals surface area contributed by atoms with Crippen molar-refractivity contribution in [1.29, 1.82) is 0 Å². The van der Waals surface area contributed by atoms with Crippen molar-refractivity contribution in [1.82, 2.24) is 0 Å². The van der Waals surface area contributed by atoms with Crippen molar-refractivity contribution in [3.63, 3.8) is 0 Å². The van der Waals surface area contributed by atoms with E-state index in [0.717, 1.165) is 24.2 Å². The Bertz CT molecular complexity index is 749. The number of rotatable bonds is 0. The predicted molar refractivity (Wildman–Crippen MR) is 126 cm³/mol. The molecule has 1 N–H and O–H groups in total. The molecule has 0 aromatic carbocycles. The van der Waals surface area contributed by atoms with Crippen molar-refractivity contribution in [2.75, 3.05) is 0 Å². The van der Waals surface area contributed by atoms with E-state index in [4.69, 9.17) is 0 Å². The minimum absolute atomic E-state index is 0.0578. The van der Waals surface area contributed by atoms with Gasteiger partial charge in [-0.2, -0.15) is 0 Å². The van der Waals surface area contributed by atoms with E-state index in [-0.39, 0.29) is 11.5 Å². The monoisotopic (exact) mass is 412 g/mol. The predicted octanol–water partition coefficient (Wildman–Crippen LogP) is 7.78. The Morgan fingerprint density at radius 2 is 1.57 bits per heavy atom. The number of hydrogen-bond acceptors (Lipinski definition) is 1. The first kappa shape index (κ1) is 21.5. The van der Waals surface area contributed by atoms with E-state index in [0.29, 0.717) is 27.6 Å². The fourth-order valence-corrected chi connectivity index (χ4v) is 10.8. The topological polar surface area (TPSA) is 20.2 Å². The highest BCUT2D eigenvalue weighted by molar-refractivity contribution is 5.33. The van der Waals surface area contributed by atoms with E-state index in [1.807, 2.05) is 5.57 Å². The molecule has 4 fully saturated rings. The Morgan fingerprint density at radius 1 is 0.833 bits per heavy atom. The van der Waals surface area contributed by atoms with E-state index in [9.17, 15) is 5.11 Å². The first-order valence-electron chi connectivity index (χ1n) is 13.3. The van der Waals surface area contributed by atoms with Gasteiger partial charge in [0, 0.05) is 0 Å². The molecule has 170 valence electrons. The van der Waals surface area contributed by atoms with Gasteiger partial charge in [0.1, 0.15) is 0 Å². The normalized spacial score (nSPS) is 57.3. The van der Waals surface area contributed by atoms with Crippen LogP contribution < -0.4 is 0 Å². The van der Waals surface area contributed by atoms with Crippen LogP contribution in [0, 0.1) is 50.7 Å². The molecule has 0 bridgehead atoms. The fraction of sp³-hybridized carbons (Fsp3) is 0.931. The Morgan fingerprint density at radius 3 is 2.30 bits per heavy atom. The standard InChI is InChI=1S/C29H48O/c1-19-9-8-14-26(4)17-18-28(6)20(24(19)26)10-11-22-27(5)15-13-23(30)25(2,3)21(27)12-16-29(22,28)7/h10,19,21-24,30H,8-9,11-18H2,1-7H3/t19?,21?,22?,23?,24?,26?,27?,28-,29?/m1/s1. The van der Waals surface area contributed by atoms with E-state index in [1.54, 1.807) is 0 Å². The highest BCUT2D eigenvalue weighted by Crippen LogP contribution is 2.75. The molecule has 0 amide bonds. The molecule has 0 saturated heterocycles. The second-order valence-electron chi connectivity index (χ2n) is 14.2. The van der Waals surface area contributed by atoms with Gasteiger partial charge in [0.25, 0.3) is 0 Å². The third-order valence-electron chi connectivity index (χ3n) is 12.8. The van der Waals surface area contributed by atoms with Crippen molar-refractivity contribution in [3.8, 4) is 0 Å². The number of hydrogen-bond donors (Lipinski definition) is 1. The lowest BCUT2D eigenvalue weighted by Gasteiger charge is -2.71. The van der Waals surface area contributed by atoms with Crippen LogP contribution in [-0.4, -0.2) is 11.2 Å². The zero-order valence-electron chi connectivity index (χ0n) is 21.0. The molecule has 4 saturated carbocycles. The molecule has 5 rings (SSSR count). The lowest BCUT2D eigenvalue weighted by Crippen LogP contribution is -2.64. The SMILES string of the molecule is CC1CCCC2(C)CC[C@]3(C)C(=CCC4C5(C)CCC(O)C(C)(C)C5CCC43C)C12. The minimum Gasteiger partial charge on any atom is -0.393 e. The third-order valence-corrected chi connectivity index (χ3v) is 12.8. The molecule has 0 radical (unpaired) electrons. The van der Waals surface area contributed by atoms with Gasteiger partial charge in [-0.05, 0) is 102 Å². The molecule has 0 heterocycles. The second kappa shape index (κ2) is 6.39. The van der Waals surface area contributed by atoms with E-state index < -0.39 is 0 Å². The van der Waals surface area contributed by atoms with Crippen LogP contribution >= 0.6 is 0 Å². The summed E-state index contributed by atoms with van der Waals surface area (Å²) >= 11 is 0. The maximum absolute atomic E-state index is 10.9. The van der Waals surface area contributed by atoms with Crippen LogP contribution in [0.5, 0.6) is 0 Å².